The van der Waals surface area contributed by atoms with E-state index in [0.717, 1.165) is 6.42 Å². The highest BCUT2D eigenvalue weighted by molar-refractivity contribution is 7.86. The molecule has 2 unspecified atom stereocenters. The summed E-state index contributed by atoms with van der Waals surface area (Å²) in [5.41, 5.74) is -2.13. The van der Waals surface area contributed by atoms with Crippen LogP contribution in [0.4, 0.5) is 0 Å². The summed E-state index contributed by atoms with van der Waals surface area (Å²) in [5, 5.41) is 27.7. The third kappa shape index (κ3) is 7.24. The van der Waals surface area contributed by atoms with E-state index in [-0.39, 0.29) is 13.2 Å². The summed E-state index contributed by atoms with van der Waals surface area (Å²) in [6.07, 6.45) is -1.10. The Morgan fingerprint density at radius 3 is 2.17 bits per heavy atom. The summed E-state index contributed by atoms with van der Waals surface area (Å²) in [4.78, 5) is 1.44. The van der Waals surface area contributed by atoms with Gasteiger partial charge in [-0.3, -0.25) is 4.90 Å². The Balaban J connectivity index is 4.42. The minimum atomic E-state index is -4.82. The maximum Gasteiger partial charge on any atom is 0.147 e. The van der Waals surface area contributed by atoms with Crippen molar-refractivity contribution >= 4 is 10.1 Å². The number of aliphatic hydroxyl groups excluding tert-OH is 3. The maximum absolute atomic E-state index is 10.5. The van der Waals surface area contributed by atoms with Crippen LogP contribution in [0.5, 0.6) is 0 Å². The van der Waals surface area contributed by atoms with Crippen LogP contribution >= 0.6 is 0 Å². The number of aliphatic hydroxyl groups is 3. The van der Waals surface area contributed by atoms with Crippen LogP contribution in [-0.2, 0) is 10.1 Å². The van der Waals surface area contributed by atoms with Gasteiger partial charge in [0.05, 0.1) is 6.61 Å². The van der Waals surface area contributed by atoms with Gasteiger partial charge in [-0.2, -0.15) is 0 Å². The number of hydrogen-bond donors (Lipinski definition) is 3. The van der Waals surface area contributed by atoms with Gasteiger partial charge in [0.2, 0.25) is 0 Å². The zero-order chi connectivity index (χ0) is 14.3. The largest absolute Gasteiger partial charge is 0.746 e. The van der Waals surface area contributed by atoms with Crippen molar-refractivity contribution in [2.24, 2.45) is 5.92 Å². The molecule has 110 valence electrons. The van der Waals surface area contributed by atoms with Gasteiger partial charge in [-0.15, -0.1) is 0 Å². The van der Waals surface area contributed by atoms with Gasteiger partial charge in [-0.1, -0.05) is 13.8 Å². The molecule has 0 aromatic carbocycles. The summed E-state index contributed by atoms with van der Waals surface area (Å²) >= 11 is 0. The molecule has 0 rings (SSSR count). The summed E-state index contributed by atoms with van der Waals surface area (Å²) < 4.78 is 31.6. The third-order valence-corrected chi connectivity index (χ3v) is 3.41. The van der Waals surface area contributed by atoms with Crippen molar-refractivity contribution in [1.82, 2.24) is 4.90 Å². The molecular weight excluding hydrogens is 262 g/mol. The highest BCUT2D eigenvalue weighted by Crippen LogP contribution is 2.11. The lowest BCUT2D eigenvalue weighted by Crippen LogP contribution is -2.41. The summed E-state index contributed by atoms with van der Waals surface area (Å²) in [7, 11) is -4.82. The Bertz CT molecular complexity index is 318. The molecule has 0 aromatic heterocycles. The molecule has 0 aliphatic carbocycles. The van der Waals surface area contributed by atoms with E-state index in [9.17, 15) is 18.1 Å². The van der Waals surface area contributed by atoms with Crippen LogP contribution in [-0.4, -0.2) is 64.6 Å². The molecule has 7 nitrogen and oxygen atoms in total. The van der Waals surface area contributed by atoms with E-state index < -0.39 is 28.2 Å². The van der Waals surface area contributed by atoms with E-state index in [2.05, 4.69) is 0 Å². The molecule has 0 aromatic rings. The number of nitrogens with zero attached hydrogens (tertiary/aromatic N) is 1. The van der Waals surface area contributed by atoms with Gasteiger partial charge < -0.3 is 19.9 Å². The van der Waals surface area contributed by atoms with Crippen molar-refractivity contribution in [3.63, 3.8) is 0 Å². The fourth-order valence-corrected chi connectivity index (χ4v) is 1.82. The van der Waals surface area contributed by atoms with E-state index in [1.807, 2.05) is 13.8 Å². The molecule has 3 N–H and O–H groups in total. The van der Waals surface area contributed by atoms with E-state index >= 15 is 0 Å². The minimum Gasteiger partial charge on any atom is -0.746 e. The average molecular weight is 284 g/mol. The van der Waals surface area contributed by atoms with Gasteiger partial charge in [0.25, 0.3) is 0 Å². The van der Waals surface area contributed by atoms with Crippen LogP contribution in [0.2, 0.25) is 0 Å². The van der Waals surface area contributed by atoms with E-state index in [4.69, 9.17) is 10.2 Å². The molecule has 0 aliphatic heterocycles. The Labute approximate surface area is 108 Å². The Hall–Kier alpha value is -0.250. The predicted octanol–water partition coefficient (Wildman–Crippen LogP) is -1.10. The lowest BCUT2D eigenvalue weighted by atomic mass is 10.1. The average Bonchev–Trinajstić information content (AvgIpc) is 2.22. The lowest BCUT2D eigenvalue weighted by Gasteiger charge is -2.29. The minimum absolute atomic E-state index is 0.152. The van der Waals surface area contributed by atoms with Crippen molar-refractivity contribution < 1.29 is 28.3 Å². The normalized spacial score (nSPS) is 16.2. The molecule has 0 saturated carbocycles. The first-order chi connectivity index (χ1) is 8.18. The number of rotatable bonds is 9. The maximum atomic E-state index is 10.5. The van der Waals surface area contributed by atoms with Gasteiger partial charge in [0, 0.05) is 19.5 Å². The topological polar surface area (TPSA) is 121 Å². The zero-order valence-corrected chi connectivity index (χ0v) is 11.5. The van der Waals surface area contributed by atoms with Crippen LogP contribution in [0.15, 0.2) is 0 Å². The summed E-state index contributed by atoms with van der Waals surface area (Å²) in [6.45, 7) is 4.38. The second-order valence-electron chi connectivity index (χ2n) is 4.61. The van der Waals surface area contributed by atoms with Gasteiger partial charge >= 0.3 is 0 Å². The molecule has 18 heavy (non-hydrogen) atoms. The van der Waals surface area contributed by atoms with E-state index in [1.165, 1.54) is 4.90 Å². The zero-order valence-electron chi connectivity index (χ0n) is 10.7. The first-order valence-electron chi connectivity index (χ1n) is 5.84. The molecule has 8 heteroatoms. The van der Waals surface area contributed by atoms with Crippen LogP contribution in [0, 0.1) is 5.92 Å². The fraction of sp³-hybridized carbons (Fsp3) is 1.00. The monoisotopic (exact) mass is 284 g/mol. The van der Waals surface area contributed by atoms with Gasteiger partial charge in [0.15, 0.2) is 0 Å². The Morgan fingerprint density at radius 2 is 1.78 bits per heavy atom. The Kier molecular flexibility index (Phi) is 7.92. The lowest BCUT2D eigenvalue weighted by molar-refractivity contribution is -0.0286. The van der Waals surface area contributed by atoms with Crippen molar-refractivity contribution in [3.05, 3.63) is 0 Å². The van der Waals surface area contributed by atoms with Gasteiger partial charge in [-0.05, 0) is 12.3 Å². The highest BCUT2D eigenvalue weighted by Gasteiger charge is 2.22. The molecule has 0 amide bonds. The SMILES string of the molecule is CC(C)CCN(CCO)C(O)CC(O)S(=O)(=O)[O-]. The third-order valence-electron chi connectivity index (χ3n) is 2.55. The summed E-state index contributed by atoms with van der Waals surface area (Å²) in [6, 6.07) is 0. The van der Waals surface area contributed by atoms with Crippen molar-refractivity contribution in [2.45, 2.75) is 38.4 Å². The van der Waals surface area contributed by atoms with Gasteiger partial charge in [0.1, 0.15) is 21.8 Å². The molecule has 0 fully saturated rings. The molecule has 0 aliphatic rings. The molecular formula is C10H22NO6S-. The quantitative estimate of drug-likeness (QED) is 0.363. The van der Waals surface area contributed by atoms with E-state index in [1.54, 1.807) is 0 Å². The van der Waals surface area contributed by atoms with Crippen LogP contribution in [0.25, 0.3) is 0 Å². The van der Waals surface area contributed by atoms with Crippen molar-refractivity contribution in [3.8, 4) is 0 Å². The first-order valence-corrected chi connectivity index (χ1v) is 7.31. The van der Waals surface area contributed by atoms with Crippen molar-refractivity contribution in [2.75, 3.05) is 19.7 Å². The van der Waals surface area contributed by atoms with Crippen LogP contribution in [0.1, 0.15) is 26.7 Å². The first kappa shape index (κ1) is 17.8. The molecule has 0 radical (unpaired) electrons. The van der Waals surface area contributed by atoms with Crippen LogP contribution in [0.3, 0.4) is 0 Å². The smallest absolute Gasteiger partial charge is 0.147 e. The molecule has 0 heterocycles. The standard InChI is InChI=1S/C10H23NO6S/c1-8(2)3-4-11(5-6-12)9(13)7-10(14)18(15,16)17/h8-10,12-14H,3-7H2,1-2H3,(H,15,16,17)/p-1. The summed E-state index contributed by atoms with van der Waals surface area (Å²) in [5.74, 6) is 0.381. The fourth-order valence-electron chi connectivity index (χ4n) is 1.41. The van der Waals surface area contributed by atoms with Crippen molar-refractivity contribution in [1.29, 1.82) is 0 Å². The predicted molar refractivity (Wildman–Crippen MR) is 64.4 cm³/mol. The second-order valence-corrected chi connectivity index (χ2v) is 6.14. The molecule has 0 bridgehead atoms. The second kappa shape index (κ2) is 8.03. The Morgan fingerprint density at radius 1 is 1.22 bits per heavy atom. The molecule has 0 saturated heterocycles. The molecule has 2 atom stereocenters. The number of hydrogen-bond acceptors (Lipinski definition) is 7. The van der Waals surface area contributed by atoms with Crippen LogP contribution < -0.4 is 0 Å². The molecule has 0 spiro atoms. The highest BCUT2D eigenvalue weighted by atomic mass is 32.2. The van der Waals surface area contributed by atoms with Gasteiger partial charge in [-0.25, -0.2) is 8.42 Å². The van der Waals surface area contributed by atoms with E-state index in [0.29, 0.717) is 12.5 Å².